The van der Waals surface area contributed by atoms with E-state index >= 15 is 0 Å². The van der Waals surface area contributed by atoms with Crippen LogP contribution in [0, 0.1) is 5.92 Å². The van der Waals surface area contributed by atoms with Crippen molar-refractivity contribution in [2.75, 3.05) is 0 Å². The molecule has 0 aliphatic carbocycles. The van der Waals surface area contributed by atoms with Gasteiger partial charge in [0.2, 0.25) is 0 Å². The van der Waals surface area contributed by atoms with Crippen LogP contribution in [0.3, 0.4) is 0 Å². The summed E-state index contributed by atoms with van der Waals surface area (Å²) in [5.41, 5.74) is 1.92. The third-order valence-corrected chi connectivity index (χ3v) is 8.62. The minimum atomic E-state index is 0.684. The molecule has 3 nitrogen and oxygen atoms in total. The molecule has 0 bridgehead atoms. The molecule has 1 aromatic carbocycles. The second-order valence-electron chi connectivity index (χ2n) is 10.6. The standard InChI is InChI=1S/C30H51Br2N3/c1-3-5-7-9-11-13-14-16-18-20-22-26(21-19-17-15-12-10-8-6-4-2)25-35-33-29-27(31)23-24-28(32)30(29)34-35/h23-24,26H,3-22,25H2,1-2H3. The average Bonchev–Trinajstić information content (AvgIpc) is 3.29. The molecule has 0 aliphatic heterocycles. The number of unbranched alkanes of at least 4 members (excludes halogenated alkanes) is 16. The monoisotopic (exact) mass is 611 g/mol. The van der Waals surface area contributed by atoms with Gasteiger partial charge in [0.25, 0.3) is 0 Å². The van der Waals surface area contributed by atoms with Crippen LogP contribution in [-0.4, -0.2) is 15.0 Å². The molecule has 0 saturated carbocycles. The fourth-order valence-electron chi connectivity index (χ4n) is 5.10. The van der Waals surface area contributed by atoms with E-state index in [0.717, 1.165) is 26.5 Å². The molecule has 0 fully saturated rings. The summed E-state index contributed by atoms with van der Waals surface area (Å²) in [6.45, 7) is 5.54. The van der Waals surface area contributed by atoms with Gasteiger partial charge in [0, 0.05) is 8.95 Å². The first-order valence-electron chi connectivity index (χ1n) is 14.8. The van der Waals surface area contributed by atoms with E-state index in [1.54, 1.807) is 0 Å². The van der Waals surface area contributed by atoms with Gasteiger partial charge in [-0.2, -0.15) is 15.0 Å². The van der Waals surface area contributed by atoms with E-state index in [1.807, 2.05) is 16.9 Å². The lowest BCUT2D eigenvalue weighted by atomic mass is 9.94. The Kier molecular flexibility index (Phi) is 17.3. The van der Waals surface area contributed by atoms with Gasteiger partial charge in [-0.3, -0.25) is 0 Å². The van der Waals surface area contributed by atoms with Crippen molar-refractivity contribution < 1.29 is 0 Å². The summed E-state index contributed by atoms with van der Waals surface area (Å²) in [5.74, 6) is 0.684. The zero-order chi connectivity index (χ0) is 25.1. The molecule has 0 amide bonds. The number of benzene rings is 1. The maximum absolute atomic E-state index is 4.83. The lowest BCUT2D eigenvalue weighted by molar-refractivity contribution is 0.326. The quantitative estimate of drug-likeness (QED) is 0.124. The van der Waals surface area contributed by atoms with Gasteiger partial charge in [0.15, 0.2) is 0 Å². The summed E-state index contributed by atoms with van der Waals surface area (Å²) < 4.78 is 2.05. The van der Waals surface area contributed by atoms with E-state index in [2.05, 4.69) is 45.7 Å². The van der Waals surface area contributed by atoms with Gasteiger partial charge in [0.05, 0.1) is 6.54 Å². The largest absolute Gasteiger partial charge is 0.183 e. The fraction of sp³-hybridized carbons (Fsp3) is 0.800. The number of nitrogens with zero attached hydrogens (tertiary/aromatic N) is 3. The highest BCUT2D eigenvalue weighted by atomic mass is 79.9. The fourth-order valence-corrected chi connectivity index (χ4v) is 5.90. The van der Waals surface area contributed by atoms with Gasteiger partial charge in [-0.05, 0) is 62.8 Å². The van der Waals surface area contributed by atoms with E-state index < -0.39 is 0 Å². The minimum absolute atomic E-state index is 0.684. The Morgan fingerprint density at radius 1 is 0.571 bits per heavy atom. The number of aromatic nitrogens is 3. The molecule has 2 rings (SSSR count). The number of rotatable bonds is 22. The third-order valence-electron chi connectivity index (χ3n) is 7.34. The van der Waals surface area contributed by atoms with Crippen LogP contribution in [0.15, 0.2) is 21.1 Å². The lowest BCUT2D eigenvalue weighted by Gasteiger charge is -2.16. The first-order chi connectivity index (χ1) is 17.2. The first-order valence-corrected chi connectivity index (χ1v) is 16.4. The van der Waals surface area contributed by atoms with Gasteiger partial charge in [-0.1, -0.05) is 129 Å². The van der Waals surface area contributed by atoms with Crippen molar-refractivity contribution in [1.82, 2.24) is 15.0 Å². The van der Waals surface area contributed by atoms with E-state index in [1.165, 1.54) is 128 Å². The molecule has 1 atom stereocenters. The smallest absolute Gasteiger partial charge is 0.128 e. The van der Waals surface area contributed by atoms with Crippen LogP contribution in [-0.2, 0) is 6.54 Å². The van der Waals surface area contributed by atoms with Gasteiger partial charge in [-0.15, -0.1) is 0 Å². The van der Waals surface area contributed by atoms with Crippen molar-refractivity contribution in [1.29, 1.82) is 0 Å². The SMILES string of the molecule is CCCCCCCCCCCCC(CCCCCCCCCC)Cn1nc2c(Br)ccc(Br)c2n1. The Bertz CT molecular complexity index is 750. The second kappa shape index (κ2) is 19.7. The molecule has 0 aliphatic rings. The lowest BCUT2D eigenvalue weighted by Crippen LogP contribution is -2.13. The van der Waals surface area contributed by atoms with Crippen molar-refractivity contribution in [2.24, 2.45) is 5.92 Å². The molecule has 1 heterocycles. The van der Waals surface area contributed by atoms with Crippen LogP contribution in [0.4, 0.5) is 0 Å². The molecule has 1 unspecified atom stereocenters. The van der Waals surface area contributed by atoms with E-state index in [9.17, 15) is 0 Å². The van der Waals surface area contributed by atoms with Crippen LogP contribution in [0.2, 0.25) is 0 Å². The zero-order valence-corrected chi connectivity index (χ0v) is 25.9. The molecule has 35 heavy (non-hydrogen) atoms. The van der Waals surface area contributed by atoms with Gasteiger partial charge in [-0.25, -0.2) is 0 Å². The van der Waals surface area contributed by atoms with Crippen LogP contribution < -0.4 is 0 Å². The summed E-state index contributed by atoms with van der Waals surface area (Å²) in [4.78, 5) is 1.96. The highest BCUT2D eigenvalue weighted by molar-refractivity contribution is 9.11. The average molecular weight is 614 g/mol. The van der Waals surface area contributed by atoms with Crippen LogP contribution in [0.25, 0.3) is 11.0 Å². The predicted octanol–water partition coefficient (Wildman–Crippen LogP) is 11.4. The van der Waals surface area contributed by atoms with Gasteiger partial charge < -0.3 is 0 Å². The summed E-state index contributed by atoms with van der Waals surface area (Å²) in [6, 6.07) is 4.10. The van der Waals surface area contributed by atoms with Gasteiger partial charge >= 0.3 is 0 Å². The number of hydrogen-bond donors (Lipinski definition) is 0. The molecule has 5 heteroatoms. The topological polar surface area (TPSA) is 30.7 Å². The summed E-state index contributed by atoms with van der Waals surface area (Å²) in [6.07, 6.45) is 27.8. The number of fused-ring (bicyclic) bond motifs is 1. The summed E-state index contributed by atoms with van der Waals surface area (Å²) in [5, 5.41) is 9.65. The Balaban J connectivity index is 1.75. The van der Waals surface area contributed by atoms with Crippen molar-refractivity contribution >= 4 is 42.9 Å². The maximum Gasteiger partial charge on any atom is 0.128 e. The highest BCUT2D eigenvalue weighted by Crippen LogP contribution is 2.28. The highest BCUT2D eigenvalue weighted by Gasteiger charge is 2.14. The van der Waals surface area contributed by atoms with Crippen LogP contribution in [0.1, 0.15) is 142 Å². The van der Waals surface area contributed by atoms with Gasteiger partial charge in [0.1, 0.15) is 11.0 Å². The molecular weight excluding hydrogens is 562 g/mol. The molecule has 0 N–H and O–H groups in total. The Hall–Kier alpha value is -0.420. The normalized spacial score (nSPS) is 12.6. The molecule has 200 valence electrons. The van der Waals surface area contributed by atoms with E-state index in [-0.39, 0.29) is 0 Å². The molecule has 0 saturated heterocycles. The summed E-state index contributed by atoms with van der Waals surface area (Å²) >= 11 is 7.29. The Morgan fingerprint density at radius 2 is 0.914 bits per heavy atom. The number of hydrogen-bond acceptors (Lipinski definition) is 2. The molecule has 0 radical (unpaired) electrons. The zero-order valence-electron chi connectivity index (χ0n) is 22.7. The molecule has 1 aromatic heterocycles. The van der Waals surface area contributed by atoms with Crippen molar-refractivity contribution in [3.63, 3.8) is 0 Å². The third kappa shape index (κ3) is 13.1. The molecular formula is C30H51Br2N3. The van der Waals surface area contributed by atoms with E-state index in [4.69, 9.17) is 10.2 Å². The van der Waals surface area contributed by atoms with E-state index in [0.29, 0.717) is 5.92 Å². The predicted molar refractivity (Wildman–Crippen MR) is 160 cm³/mol. The second-order valence-corrected chi connectivity index (χ2v) is 12.3. The van der Waals surface area contributed by atoms with Crippen molar-refractivity contribution in [2.45, 2.75) is 149 Å². The van der Waals surface area contributed by atoms with Crippen molar-refractivity contribution in [3.8, 4) is 0 Å². The van der Waals surface area contributed by atoms with Crippen molar-refractivity contribution in [3.05, 3.63) is 21.1 Å². The Labute approximate surface area is 232 Å². The van der Waals surface area contributed by atoms with Crippen LogP contribution in [0.5, 0.6) is 0 Å². The molecule has 2 aromatic rings. The summed E-state index contributed by atoms with van der Waals surface area (Å²) in [7, 11) is 0. The first kappa shape index (κ1) is 30.8. The molecule has 0 spiro atoms. The Morgan fingerprint density at radius 3 is 1.29 bits per heavy atom. The van der Waals surface area contributed by atoms with Crippen LogP contribution >= 0.6 is 31.9 Å². The number of halogens is 2. The maximum atomic E-state index is 4.83. The minimum Gasteiger partial charge on any atom is -0.183 e.